The summed E-state index contributed by atoms with van der Waals surface area (Å²) in [6, 6.07) is -0.232. The Bertz CT molecular complexity index is 457. The van der Waals surface area contributed by atoms with E-state index < -0.39 is 5.60 Å². The monoisotopic (exact) mass is 311 g/mol. The van der Waals surface area contributed by atoms with Crippen LogP contribution in [0.1, 0.15) is 51.1 Å². The Morgan fingerprint density at radius 2 is 2.33 bits per heavy atom. The molecular weight excluding hydrogens is 286 g/mol. The second-order valence-corrected chi connectivity index (χ2v) is 7.11. The van der Waals surface area contributed by atoms with E-state index in [1.54, 1.807) is 24.5 Å². The van der Waals surface area contributed by atoms with Crippen molar-refractivity contribution in [2.24, 2.45) is 11.8 Å². The summed E-state index contributed by atoms with van der Waals surface area (Å²) in [7, 11) is 0. The van der Waals surface area contributed by atoms with Crippen LogP contribution in [0, 0.1) is 11.8 Å². The number of amides is 2. The summed E-state index contributed by atoms with van der Waals surface area (Å²) < 4.78 is 0. The zero-order valence-corrected chi connectivity index (χ0v) is 13.7. The number of nitrogens with zero attached hydrogens (tertiary/aromatic N) is 1. The van der Waals surface area contributed by atoms with Crippen molar-refractivity contribution in [3.8, 4) is 0 Å². The van der Waals surface area contributed by atoms with Crippen LogP contribution in [0.3, 0.4) is 0 Å². The van der Waals surface area contributed by atoms with Crippen LogP contribution < -0.4 is 10.6 Å². The van der Waals surface area contributed by atoms with Crippen LogP contribution in [0.15, 0.2) is 11.6 Å². The molecule has 1 aromatic heterocycles. The predicted octanol–water partition coefficient (Wildman–Crippen LogP) is 2.69. The predicted molar refractivity (Wildman–Crippen MR) is 84.2 cm³/mol. The van der Waals surface area contributed by atoms with E-state index in [9.17, 15) is 9.90 Å². The Hall–Kier alpha value is -1.14. The van der Waals surface area contributed by atoms with Crippen LogP contribution in [0.2, 0.25) is 0 Å². The summed E-state index contributed by atoms with van der Waals surface area (Å²) in [4.78, 5) is 16.4. The minimum atomic E-state index is -0.887. The van der Waals surface area contributed by atoms with Gasteiger partial charge in [-0.3, -0.25) is 0 Å². The second kappa shape index (κ2) is 6.75. The number of urea groups is 1. The van der Waals surface area contributed by atoms with Crippen molar-refractivity contribution in [1.82, 2.24) is 15.6 Å². The summed E-state index contributed by atoms with van der Waals surface area (Å²) in [6.07, 6.45) is 4.91. The van der Waals surface area contributed by atoms with Crippen molar-refractivity contribution in [2.75, 3.05) is 6.54 Å². The molecule has 0 saturated heterocycles. The molecule has 3 unspecified atom stereocenters. The Morgan fingerprint density at radius 3 is 2.86 bits per heavy atom. The van der Waals surface area contributed by atoms with Crippen LogP contribution >= 0.6 is 11.3 Å². The summed E-state index contributed by atoms with van der Waals surface area (Å²) in [6.45, 7) is 6.04. The van der Waals surface area contributed by atoms with E-state index >= 15 is 0 Å². The molecule has 1 aliphatic carbocycles. The zero-order chi connectivity index (χ0) is 15.5. The van der Waals surface area contributed by atoms with Crippen molar-refractivity contribution in [3.63, 3.8) is 0 Å². The number of aromatic nitrogens is 1. The van der Waals surface area contributed by atoms with Gasteiger partial charge in [0.15, 0.2) is 0 Å². The van der Waals surface area contributed by atoms with E-state index in [1.807, 2.05) is 19.2 Å². The van der Waals surface area contributed by atoms with Gasteiger partial charge in [0.2, 0.25) is 0 Å². The Balaban J connectivity index is 1.86. The van der Waals surface area contributed by atoms with Crippen LogP contribution in [0.5, 0.6) is 0 Å². The summed E-state index contributed by atoms with van der Waals surface area (Å²) >= 11 is 1.57. The highest BCUT2D eigenvalue weighted by molar-refractivity contribution is 7.09. The molecule has 5 nitrogen and oxygen atoms in total. The molecule has 0 radical (unpaired) electrons. The smallest absolute Gasteiger partial charge is 0.315 e. The normalized spacial score (nSPS) is 20.4. The fraction of sp³-hybridized carbons (Fsp3) is 0.733. The van der Waals surface area contributed by atoms with E-state index in [4.69, 9.17) is 0 Å². The number of hydrogen-bond acceptors (Lipinski definition) is 4. The average molecular weight is 311 g/mol. The van der Waals surface area contributed by atoms with Crippen molar-refractivity contribution in [3.05, 3.63) is 16.6 Å². The molecule has 1 fully saturated rings. The van der Waals surface area contributed by atoms with Gasteiger partial charge in [0.25, 0.3) is 0 Å². The fourth-order valence-corrected chi connectivity index (χ4v) is 3.05. The van der Waals surface area contributed by atoms with Gasteiger partial charge < -0.3 is 15.7 Å². The lowest BCUT2D eigenvalue weighted by molar-refractivity contribution is 0.00782. The average Bonchev–Trinajstić information content (AvgIpc) is 3.16. The van der Waals surface area contributed by atoms with Gasteiger partial charge in [-0.1, -0.05) is 20.3 Å². The van der Waals surface area contributed by atoms with Crippen LogP contribution in [-0.4, -0.2) is 28.3 Å². The highest BCUT2D eigenvalue weighted by atomic mass is 32.1. The second-order valence-electron chi connectivity index (χ2n) is 6.18. The van der Waals surface area contributed by atoms with Crippen molar-refractivity contribution in [2.45, 2.75) is 51.7 Å². The first-order valence-corrected chi connectivity index (χ1v) is 8.48. The molecule has 21 heavy (non-hydrogen) atoms. The molecule has 1 aromatic rings. The molecule has 1 saturated carbocycles. The fourth-order valence-electron chi connectivity index (χ4n) is 2.26. The molecule has 2 rings (SSSR count). The Kier molecular flexibility index (Phi) is 5.22. The van der Waals surface area contributed by atoms with Crippen molar-refractivity contribution >= 4 is 17.4 Å². The first-order chi connectivity index (χ1) is 9.94. The number of hydrogen-bond donors (Lipinski definition) is 3. The van der Waals surface area contributed by atoms with Crippen LogP contribution in [0.4, 0.5) is 4.79 Å². The van der Waals surface area contributed by atoms with E-state index in [0.717, 1.165) is 24.3 Å². The molecule has 1 aliphatic rings. The summed E-state index contributed by atoms with van der Waals surface area (Å²) in [5, 5.41) is 19.0. The molecule has 1 heterocycles. The minimum Gasteiger partial charge on any atom is -0.388 e. The highest BCUT2D eigenvalue weighted by Gasteiger charge is 2.35. The quantitative estimate of drug-likeness (QED) is 0.725. The number of aliphatic hydroxyl groups is 1. The van der Waals surface area contributed by atoms with Gasteiger partial charge in [-0.2, -0.15) is 0 Å². The summed E-state index contributed by atoms with van der Waals surface area (Å²) in [5.41, 5.74) is -0.887. The van der Waals surface area contributed by atoms with Gasteiger partial charge >= 0.3 is 6.03 Å². The third-order valence-electron chi connectivity index (χ3n) is 4.38. The lowest BCUT2D eigenvalue weighted by Crippen LogP contribution is -2.48. The Morgan fingerprint density at radius 1 is 1.62 bits per heavy atom. The standard InChI is InChI=1S/C15H25N3O2S/c1-4-10(2)15(3,20)9-17-14(19)18-12(11-5-6-11)13-16-7-8-21-13/h7-8,10-12,20H,4-6,9H2,1-3H3,(H2,17,18,19). The summed E-state index contributed by atoms with van der Waals surface area (Å²) in [5.74, 6) is 0.632. The first-order valence-electron chi connectivity index (χ1n) is 7.60. The third-order valence-corrected chi connectivity index (χ3v) is 5.24. The number of thiazole rings is 1. The van der Waals surface area contributed by atoms with Gasteiger partial charge in [-0.25, -0.2) is 9.78 Å². The maximum Gasteiger partial charge on any atom is 0.315 e. The van der Waals surface area contributed by atoms with Gasteiger partial charge in [0.05, 0.1) is 11.6 Å². The number of carbonyl (C=O) groups excluding carboxylic acids is 1. The lowest BCUT2D eigenvalue weighted by atomic mass is 9.89. The largest absolute Gasteiger partial charge is 0.388 e. The molecule has 0 bridgehead atoms. The maximum atomic E-state index is 12.1. The van der Waals surface area contributed by atoms with Gasteiger partial charge in [0, 0.05) is 18.1 Å². The SMILES string of the molecule is CCC(C)C(C)(O)CNC(=O)NC(c1nccs1)C1CC1. The zero-order valence-electron chi connectivity index (χ0n) is 12.9. The third kappa shape index (κ3) is 4.41. The first kappa shape index (κ1) is 16.2. The van der Waals surface area contributed by atoms with E-state index in [2.05, 4.69) is 15.6 Å². The van der Waals surface area contributed by atoms with Crippen molar-refractivity contribution < 1.29 is 9.90 Å². The van der Waals surface area contributed by atoms with E-state index in [0.29, 0.717) is 5.92 Å². The van der Waals surface area contributed by atoms with E-state index in [1.165, 1.54) is 0 Å². The molecule has 3 atom stereocenters. The molecule has 118 valence electrons. The van der Waals surface area contributed by atoms with Crippen molar-refractivity contribution in [1.29, 1.82) is 0 Å². The lowest BCUT2D eigenvalue weighted by Gasteiger charge is -2.30. The van der Waals surface area contributed by atoms with Gasteiger partial charge in [-0.15, -0.1) is 11.3 Å². The van der Waals surface area contributed by atoms with Crippen LogP contribution in [0.25, 0.3) is 0 Å². The molecule has 3 N–H and O–H groups in total. The molecule has 0 spiro atoms. The number of rotatable bonds is 7. The number of carbonyl (C=O) groups is 1. The molecular formula is C15H25N3O2S. The molecule has 6 heteroatoms. The van der Waals surface area contributed by atoms with E-state index in [-0.39, 0.29) is 24.5 Å². The molecule has 0 aromatic carbocycles. The van der Waals surface area contributed by atoms with Gasteiger partial charge in [0.1, 0.15) is 5.01 Å². The highest BCUT2D eigenvalue weighted by Crippen LogP contribution is 2.41. The molecule has 0 aliphatic heterocycles. The number of nitrogens with one attached hydrogen (secondary N) is 2. The topological polar surface area (TPSA) is 74.2 Å². The van der Waals surface area contributed by atoms with Gasteiger partial charge in [-0.05, 0) is 31.6 Å². The maximum absolute atomic E-state index is 12.1. The minimum absolute atomic E-state index is 0.00134. The van der Waals surface area contributed by atoms with Crippen LogP contribution in [-0.2, 0) is 0 Å². The molecule has 2 amide bonds. The Labute approximate surface area is 130 Å².